The average molecular weight is 219 g/mol. The summed E-state index contributed by atoms with van der Waals surface area (Å²) in [5, 5.41) is 3.31. The summed E-state index contributed by atoms with van der Waals surface area (Å²) >= 11 is 0. The zero-order valence-electron chi connectivity index (χ0n) is 11.1. The first kappa shape index (κ1) is 13.2. The van der Waals surface area contributed by atoms with E-state index in [0.29, 0.717) is 0 Å². The standard InChI is InChI=1S/C15H25N/c1-12(2)9-14(11-16-4)10-15-8-6-5-7-13(15)3/h5-8,12,14,16H,9-11H2,1-4H3. The van der Waals surface area contributed by atoms with Gasteiger partial charge in [-0.15, -0.1) is 0 Å². The first-order chi connectivity index (χ1) is 7.63. The van der Waals surface area contributed by atoms with Crippen LogP contribution in [0.3, 0.4) is 0 Å². The highest BCUT2D eigenvalue weighted by molar-refractivity contribution is 5.25. The summed E-state index contributed by atoms with van der Waals surface area (Å²) in [7, 11) is 2.05. The largest absolute Gasteiger partial charge is 0.319 e. The van der Waals surface area contributed by atoms with Crippen molar-refractivity contribution in [1.82, 2.24) is 5.32 Å². The number of nitrogens with one attached hydrogen (secondary N) is 1. The summed E-state index contributed by atoms with van der Waals surface area (Å²) in [4.78, 5) is 0. The van der Waals surface area contributed by atoms with Gasteiger partial charge in [-0.2, -0.15) is 0 Å². The van der Waals surface area contributed by atoms with Crippen molar-refractivity contribution in [3.05, 3.63) is 35.4 Å². The van der Waals surface area contributed by atoms with E-state index in [4.69, 9.17) is 0 Å². The maximum absolute atomic E-state index is 3.31. The maximum Gasteiger partial charge on any atom is -0.00202 e. The smallest absolute Gasteiger partial charge is 0.00202 e. The van der Waals surface area contributed by atoms with Gasteiger partial charge in [0.25, 0.3) is 0 Å². The molecule has 90 valence electrons. The van der Waals surface area contributed by atoms with Crippen LogP contribution in [0.4, 0.5) is 0 Å². The molecule has 0 aliphatic carbocycles. The Morgan fingerprint density at radius 1 is 1.19 bits per heavy atom. The van der Waals surface area contributed by atoms with Gasteiger partial charge in [-0.25, -0.2) is 0 Å². The molecule has 0 aliphatic heterocycles. The molecule has 0 amide bonds. The summed E-state index contributed by atoms with van der Waals surface area (Å²) in [6.07, 6.45) is 2.50. The molecule has 1 aromatic rings. The summed E-state index contributed by atoms with van der Waals surface area (Å²) in [6, 6.07) is 8.74. The van der Waals surface area contributed by atoms with E-state index in [2.05, 4.69) is 50.4 Å². The molecule has 0 fully saturated rings. The molecule has 0 bridgehead atoms. The van der Waals surface area contributed by atoms with Crippen LogP contribution in [0.15, 0.2) is 24.3 Å². The van der Waals surface area contributed by atoms with Crippen LogP contribution in [0.5, 0.6) is 0 Å². The fourth-order valence-corrected chi connectivity index (χ4v) is 2.34. The molecule has 0 saturated carbocycles. The lowest BCUT2D eigenvalue weighted by Gasteiger charge is -2.19. The minimum Gasteiger partial charge on any atom is -0.319 e. The summed E-state index contributed by atoms with van der Waals surface area (Å²) < 4.78 is 0. The Balaban J connectivity index is 2.64. The van der Waals surface area contributed by atoms with E-state index in [9.17, 15) is 0 Å². The molecule has 1 N–H and O–H groups in total. The van der Waals surface area contributed by atoms with E-state index in [1.807, 2.05) is 7.05 Å². The van der Waals surface area contributed by atoms with Crippen molar-refractivity contribution in [2.24, 2.45) is 11.8 Å². The van der Waals surface area contributed by atoms with Gasteiger partial charge in [0, 0.05) is 0 Å². The Morgan fingerprint density at radius 3 is 2.44 bits per heavy atom. The van der Waals surface area contributed by atoms with Crippen molar-refractivity contribution < 1.29 is 0 Å². The number of aryl methyl sites for hydroxylation is 1. The molecule has 0 aliphatic rings. The molecule has 0 saturated heterocycles. The normalized spacial score (nSPS) is 13.1. The van der Waals surface area contributed by atoms with Crippen LogP contribution < -0.4 is 5.32 Å². The van der Waals surface area contributed by atoms with Crippen molar-refractivity contribution in [1.29, 1.82) is 0 Å². The van der Waals surface area contributed by atoms with Crippen molar-refractivity contribution in [3.8, 4) is 0 Å². The molecule has 1 atom stereocenters. The zero-order valence-corrected chi connectivity index (χ0v) is 11.1. The van der Waals surface area contributed by atoms with E-state index in [1.54, 1.807) is 0 Å². The predicted molar refractivity (Wildman–Crippen MR) is 71.8 cm³/mol. The van der Waals surface area contributed by atoms with E-state index >= 15 is 0 Å². The van der Waals surface area contributed by atoms with Crippen LogP contribution in [0.25, 0.3) is 0 Å². The van der Waals surface area contributed by atoms with Crippen LogP contribution in [-0.4, -0.2) is 13.6 Å². The molecule has 0 radical (unpaired) electrons. The lowest BCUT2D eigenvalue weighted by molar-refractivity contribution is 0.395. The van der Waals surface area contributed by atoms with E-state index < -0.39 is 0 Å². The number of hydrogen-bond acceptors (Lipinski definition) is 1. The van der Waals surface area contributed by atoms with E-state index in [1.165, 1.54) is 24.0 Å². The lowest BCUT2D eigenvalue weighted by Crippen LogP contribution is -2.22. The van der Waals surface area contributed by atoms with Crippen LogP contribution in [0.1, 0.15) is 31.4 Å². The first-order valence-electron chi connectivity index (χ1n) is 6.32. The summed E-state index contributed by atoms with van der Waals surface area (Å²) in [6.45, 7) is 7.94. The number of rotatable bonds is 6. The molecular formula is C15H25N. The second kappa shape index (κ2) is 6.70. The van der Waals surface area contributed by atoms with Gasteiger partial charge in [-0.1, -0.05) is 38.1 Å². The average Bonchev–Trinajstić information content (AvgIpc) is 2.21. The third-order valence-corrected chi connectivity index (χ3v) is 3.07. The Morgan fingerprint density at radius 2 is 1.88 bits per heavy atom. The fourth-order valence-electron chi connectivity index (χ4n) is 2.34. The second-order valence-corrected chi connectivity index (χ2v) is 5.18. The molecule has 1 nitrogen and oxygen atoms in total. The van der Waals surface area contributed by atoms with Gasteiger partial charge in [-0.05, 0) is 56.3 Å². The van der Waals surface area contributed by atoms with E-state index in [0.717, 1.165) is 18.4 Å². The van der Waals surface area contributed by atoms with Gasteiger partial charge in [-0.3, -0.25) is 0 Å². The maximum atomic E-state index is 3.31. The highest BCUT2D eigenvalue weighted by Gasteiger charge is 2.11. The highest BCUT2D eigenvalue weighted by atomic mass is 14.8. The van der Waals surface area contributed by atoms with Gasteiger partial charge < -0.3 is 5.32 Å². The van der Waals surface area contributed by atoms with Crippen molar-refractivity contribution in [2.75, 3.05) is 13.6 Å². The van der Waals surface area contributed by atoms with Crippen LogP contribution in [-0.2, 0) is 6.42 Å². The molecule has 0 aromatic heterocycles. The van der Waals surface area contributed by atoms with Crippen molar-refractivity contribution in [3.63, 3.8) is 0 Å². The molecule has 0 heterocycles. The number of benzene rings is 1. The topological polar surface area (TPSA) is 12.0 Å². The van der Waals surface area contributed by atoms with Crippen molar-refractivity contribution in [2.45, 2.75) is 33.6 Å². The SMILES string of the molecule is CNCC(Cc1ccccc1C)CC(C)C. The minimum atomic E-state index is 0.756. The predicted octanol–water partition coefficient (Wildman–Crippen LogP) is 3.42. The lowest BCUT2D eigenvalue weighted by atomic mass is 9.89. The van der Waals surface area contributed by atoms with Gasteiger partial charge >= 0.3 is 0 Å². The monoisotopic (exact) mass is 219 g/mol. The third kappa shape index (κ3) is 4.36. The Hall–Kier alpha value is -0.820. The molecule has 1 unspecified atom stereocenters. The molecule has 1 heteroatoms. The zero-order chi connectivity index (χ0) is 12.0. The van der Waals surface area contributed by atoms with E-state index in [-0.39, 0.29) is 0 Å². The first-order valence-corrected chi connectivity index (χ1v) is 6.32. The van der Waals surface area contributed by atoms with Gasteiger partial charge in [0.1, 0.15) is 0 Å². The Kier molecular flexibility index (Phi) is 5.54. The van der Waals surface area contributed by atoms with Gasteiger partial charge in [0.15, 0.2) is 0 Å². The summed E-state index contributed by atoms with van der Waals surface area (Å²) in [5.41, 5.74) is 2.93. The van der Waals surface area contributed by atoms with Crippen LogP contribution >= 0.6 is 0 Å². The molecule has 0 spiro atoms. The minimum absolute atomic E-state index is 0.756. The molecule has 16 heavy (non-hydrogen) atoms. The van der Waals surface area contributed by atoms with Crippen LogP contribution in [0.2, 0.25) is 0 Å². The molecule has 1 aromatic carbocycles. The van der Waals surface area contributed by atoms with Crippen molar-refractivity contribution >= 4 is 0 Å². The van der Waals surface area contributed by atoms with Gasteiger partial charge in [0.05, 0.1) is 0 Å². The van der Waals surface area contributed by atoms with Gasteiger partial charge in [0.2, 0.25) is 0 Å². The third-order valence-electron chi connectivity index (χ3n) is 3.07. The molecular weight excluding hydrogens is 194 g/mol. The highest BCUT2D eigenvalue weighted by Crippen LogP contribution is 2.18. The second-order valence-electron chi connectivity index (χ2n) is 5.18. The number of hydrogen-bond donors (Lipinski definition) is 1. The Bertz CT molecular complexity index is 304. The molecule has 1 rings (SSSR count). The summed E-state index contributed by atoms with van der Waals surface area (Å²) in [5.74, 6) is 1.54. The fraction of sp³-hybridized carbons (Fsp3) is 0.600. The van der Waals surface area contributed by atoms with Crippen LogP contribution in [0, 0.1) is 18.8 Å². The Labute approximate surface area is 100 Å². The quantitative estimate of drug-likeness (QED) is 0.773.